The smallest absolute Gasteiger partial charge is 0.362 e. The number of hydrogen-bond acceptors (Lipinski definition) is 3. The Bertz CT molecular complexity index is 838. The number of hydrogen-bond donors (Lipinski definition) is 1. The molecule has 0 radical (unpaired) electrons. The Morgan fingerprint density at radius 1 is 1.15 bits per heavy atom. The minimum atomic E-state index is -5.06. The van der Waals surface area contributed by atoms with Crippen molar-refractivity contribution < 1.29 is 23.1 Å². The molecule has 1 atom stereocenters. The van der Waals surface area contributed by atoms with E-state index < -0.39 is 24.2 Å². The molecule has 0 aliphatic carbocycles. The molecule has 26 heavy (non-hydrogen) atoms. The average Bonchev–Trinajstić information content (AvgIpc) is 2.95. The fourth-order valence-electron chi connectivity index (χ4n) is 2.68. The van der Waals surface area contributed by atoms with Crippen molar-refractivity contribution in [2.75, 3.05) is 0 Å². The number of hydrazone groups is 1. The van der Waals surface area contributed by atoms with E-state index in [9.17, 15) is 23.1 Å². The second kappa shape index (κ2) is 6.74. The SMILES string of the molecule is O=C(Cc1ccccc1)N1N=C(c2ccc(Cl)cc2)C[C@@]1(O)C(F)(F)F. The molecule has 1 aliphatic heterocycles. The van der Waals surface area contributed by atoms with E-state index in [-0.39, 0.29) is 17.1 Å². The Hall–Kier alpha value is -2.38. The summed E-state index contributed by atoms with van der Waals surface area (Å²) in [5, 5.41) is 14.6. The minimum absolute atomic E-state index is 0.0390. The van der Waals surface area contributed by atoms with Crippen molar-refractivity contribution in [3.05, 3.63) is 70.7 Å². The number of rotatable bonds is 3. The first-order valence-corrected chi connectivity index (χ1v) is 8.08. The fraction of sp³-hybridized carbons (Fsp3) is 0.222. The number of carbonyl (C=O) groups is 1. The van der Waals surface area contributed by atoms with E-state index in [1.165, 1.54) is 24.3 Å². The van der Waals surface area contributed by atoms with Gasteiger partial charge in [-0.3, -0.25) is 4.79 Å². The molecule has 0 saturated carbocycles. The number of halogens is 4. The molecule has 4 nitrogen and oxygen atoms in total. The van der Waals surface area contributed by atoms with Crippen molar-refractivity contribution in [1.82, 2.24) is 5.01 Å². The molecule has 0 spiro atoms. The highest BCUT2D eigenvalue weighted by Crippen LogP contribution is 2.41. The van der Waals surface area contributed by atoms with Crippen LogP contribution in [0.5, 0.6) is 0 Å². The molecule has 3 rings (SSSR count). The summed E-state index contributed by atoms with van der Waals surface area (Å²) in [6, 6.07) is 14.3. The number of alkyl halides is 3. The van der Waals surface area contributed by atoms with Crippen LogP contribution in [0.15, 0.2) is 59.7 Å². The van der Waals surface area contributed by atoms with Crippen LogP contribution in [0.4, 0.5) is 13.2 Å². The van der Waals surface area contributed by atoms with Gasteiger partial charge in [-0.2, -0.15) is 23.3 Å². The molecular formula is C18H14ClF3N2O2. The van der Waals surface area contributed by atoms with Gasteiger partial charge in [0.25, 0.3) is 5.72 Å². The van der Waals surface area contributed by atoms with Crippen LogP contribution < -0.4 is 0 Å². The molecule has 1 aliphatic rings. The molecule has 0 fully saturated rings. The van der Waals surface area contributed by atoms with Crippen LogP contribution >= 0.6 is 11.6 Å². The maximum absolute atomic E-state index is 13.5. The number of nitrogens with zero attached hydrogens (tertiary/aromatic N) is 2. The Balaban J connectivity index is 1.94. The van der Waals surface area contributed by atoms with Gasteiger partial charge in [-0.15, -0.1) is 0 Å². The standard InChI is InChI=1S/C18H14ClF3N2O2/c19-14-8-6-13(7-9-14)15-11-17(26,18(20,21)22)24(23-15)16(25)10-12-4-2-1-3-5-12/h1-9,26H,10-11H2/t17-/m1/s1. The molecular weight excluding hydrogens is 369 g/mol. The first-order valence-electron chi connectivity index (χ1n) is 7.70. The Morgan fingerprint density at radius 3 is 2.35 bits per heavy atom. The molecule has 8 heteroatoms. The average molecular weight is 383 g/mol. The van der Waals surface area contributed by atoms with Gasteiger partial charge in [-0.25, -0.2) is 0 Å². The number of carbonyl (C=O) groups excluding carboxylic acids is 1. The summed E-state index contributed by atoms with van der Waals surface area (Å²) in [6.07, 6.45) is -6.22. The summed E-state index contributed by atoms with van der Waals surface area (Å²) in [4.78, 5) is 12.4. The van der Waals surface area contributed by atoms with Crippen LogP contribution in [0.2, 0.25) is 5.02 Å². The highest BCUT2D eigenvalue weighted by Gasteiger charge is 2.63. The second-order valence-electron chi connectivity index (χ2n) is 5.91. The molecule has 1 amide bonds. The van der Waals surface area contributed by atoms with E-state index in [0.717, 1.165) is 0 Å². The monoisotopic (exact) mass is 382 g/mol. The van der Waals surface area contributed by atoms with Gasteiger partial charge in [0.2, 0.25) is 5.91 Å². The van der Waals surface area contributed by atoms with E-state index in [0.29, 0.717) is 16.1 Å². The Morgan fingerprint density at radius 2 is 1.77 bits per heavy atom. The Labute approximate surface area is 152 Å². The lowest BCUT2D eigenvalue weighted by Gasteiger charge is -2.32. The lowest BCUT2D eigenvalue weighted by atomic mass is 10.0. The molecule has 0 aromatic heterocycles. The molecule has 136 valence electrons. The van der Waals surface area contributed by atoms with Crippen LogP contribution in [0, 0.1) is 0 Å². The zero-order valence-corrected chi connectivity index (χ0v) is 14.1. The van der Waals surface area contributed by atoms with Crippen LogP contribution in [-0.2, 0) is 11.2 Å². The van der Waals surface area contributed by atoms with Gasteiger partial charge in [0.05, 0.1) is 18.6 Å². The molecule has 0 bridgehead atoms. The lowest BCUT2D eigenvalue weighted by Crippen LogP contribution is -2.57. The molecule has 0 saturated heterocycles. The van der Waals surface area contributed by atoms with Crippen molar-refractivity contribution >= 4 is 23.2 Å². The first kappa shape index (κ1) is 18.4. The molecule has 0 unspecified atom stereocenters. The molecule has 2 aromatic carbocycles. The van der Waals surface area contributed by atoms with Gasteiger partial charge < -0.3 is 5.11 Å². The predicted molar refractivity (Wildman–Crippen MR) is 90.6 cm³/mol. The predicted octanol–water partition coefficient (Wildman–Crippen LogP) is 3.77. The maximum Gasteiger partial charge on any atom is 0.438 e. The number of benzene rings is 2. The zero-order chi connectivity index (χ0) is 18.9. The summed E-state index contributed by atoms with van der Waals surface area (Å²) in [5.74, 6) is -0.944. The number of aliphatic hydroxyl groups is 1. The maximum atomic E-state index is 13.5. The largest absolute Gasteiger partial charge is 0.438 e. The van der Waals surface area contributed by atoms with Crippen LogP contribution in [0.1, 0.15) is 17.5 Å². The topological polar surface area (TPSA) is 52.9 Å². The van der Waals surface area contributed by atoms with E-state index in [1.807, 2.05) is 0 Å². The summed E-state index contributed by atoms with van der Waals surface area (Å²) in [7, 11) is 0. The molecule has 1 heterocycles. The summed E-state index contributed by atoms with van der Waals surface area (Å²) in [6.45, 7) is 0. The van der Waals surface area contributed by atoms with Crippen molar-refractivity contribution in [2.45, 2.75) is 24.7 Å². The highest BCUT2D eigenvalue weighted by atomic mass is 35.5. The highest BCUT2D eigenvalue weighted by molar-refractivity contribution is 6.30. The molecule has 2 aromatic rings. The van der Waals surface area contributed by atoms with E-state index >= 15 is 0 Å². The zero-order valence-electron chi connectivity index (χ0n) is 13.4. The fourth-order valence-corrected chi connectivity index (χ4v) is 2.80. The van der Waals surface area contributed by atoms with Crippen LogP contribution in [0.25, 0.3) is 0 Å². The normalized spacial score (nSPS) is 20.2. The van der Waals surface area contributed by atoms with E-state index in [4.69, 9.17) is 11.6 Å². The van der Waals surface area contributed by atoms with Crippen molar-refractivity contribution in [1.29, 1.82) is 0 Å². The number of amides is 1. The van der Waals surface area contributed by atoms with Gasteiger partial charge in [-0.05, 0) is 23.3 Å². The second-order valence-corrected chi connectivity index (χ2v) is 6.35. The van der Waals surface area contributed by atoms with Crippen molar-refractivity contribution in [2.24, 2.45) is 5.10 Å². The van der Waals surface area contributed by atoms with Crippen molar-refractivity contribution in [3.63, 3.8) is 0 Å². The summed E-state index contributed by atoms with van der Waals surface area (Å²) >= 11 is 5.78. The summed E-state index contributed by atoms with van der Waals surface area (Å²) in [5.41, 5.74) is -2.54. The van der Waals surface area contributed by atoms with Gasteiger partial charge >= 0.3 is 6.18 Å². The first-order chi connectivity index (χ1) is 12.2. The van der Waals surface area contributed by atoms with E-state index in [1.54, 1.807) is 30.3 Å². The van der Waals surface area contributed by atoms with Gasteiger partial charge in [0.15, 0.2) is 0 Å². The quantitative estimate of drug-likeness (QED) is 0.878. The lowest BCUT2D eigenvalue weighted by molar-refractivity contribution is -0.302. The Kier molecular flexibility index (Phi) is 4.77. The third-order valence-corrected chi connectivity index (χ3v) is 4.30. The third-order valence-electron chi connectivity index (χ3n) is 4.05. The van der Waals surface area contributed by atoms with Gasteiger partial charge in [0, 0.05) is 5.02 Å². The van der Waals surface area contributed by atoms with Gasteiger partial charge in [0.1, 0.15) is 0 Å². The van der Waals surface area contributed by atoms with E-state index in [2.05, 4.69) is 5.10 Å². The molecule has 1 N–H and O–H groups in total. The third kappa shape index (κ3) is 3.45. The van der Waals surface area contributed by atoms with Crippen LogP contribution in [0.3, 0.4) is 0 Å². The van der Waals surface area contributed by atoms with Crippen LogP contribution in [-0.4, -0.2) is 33.6 Å². The van der Waals surface area contributed by atoms with Gasteiger partial charge in [-0.1, -0.05) is 54.1 Å². The minimum Gasteiger partial charge on any atom is -0.362 e. The van der Waals surface area contributed by atoms with Crippen molar-refractivity contribution in [3.8, 4) is 0 Å². The summed E-state index contributed by atoms with van der Waals surface area (Å²) < 4.78 is 40.5.